The molecule has 7 nitrogen and oxygen atoms in total. The van der Waals surface area contributed by atoms with Gasteiger partial charge in [-0.1, -0.05) is 5.10 Å². The Kier molecular flexibility index (Phi) is 2.35. The van der Waals surface area contributed by atoms with E-state index < -0.39 is 9.84 Å². The predicted octanol–water partition coefficient (Wildman–Crippen LogP) is -0.375. The topological polar surface area (TPSA) is 104 Å². The lowest BCUT2D eigenvalue weighted by atomic mass is 10.3. The summed E-state index contributed by atoms with van der Waals surface area (Å²) in [7, 11) is -2.21. The quantitative estimate of drug-likeness (QED) is 0.717. The molecule has 0 spiro atoms. The van der Waals surface area contributed by atoms with Gasteiger partial charge in [0.2, 0.25) is 9.84 Å². The Morgan fingerprint density at radius 3 is 2.38 bits per heavy atom. The van der Waals surface area contributed by atoms with Gasteiger partial charge in [-0.3, -0.25) is 0 Å². The average Bonchev–Trinajstić information content (AvgIpc) is 2.66. The van der Waals surface area contributed by atoms with Gasteiger partial charge in [-0.05, 0) is 34.7 Å². The van der Waals surface area contributed by atoms with Crippen molar-refractivity contribution in [3.63, 3.8) is 0 Å². The van der Waals surface area contributed by atoms with Gasteiger partial charge in [-0.2, -0.15) is 0 Å². The van der Waals surface area contributed by atoms with Gasteiger partial charge < -0.3 is 5.73 Å². The number of nitrogens with zero attached hydrogens (tertiary/aromatic N) is 4. The van der Waals surface area contributed by atoms with E-state index in [9.17, 15) is 8.42 Å². The Hall–Kier alpha value is -1.96. The molecule has 0 amide bonds. The molecule has 2 N–H and O–H groups in total. The van der Waals surface area contributed by atoms with Crippen molar-refractivity contribution in [3.05, 3.63) is 24.3 Å². The van der Waals surface area contributed by atoms with E-state index in [-0.39, 0.29) is 10.1 Å². The summed E-state index contributed by atoms with van der Waals surface area (Å²) in [6, 6.07) is 5.85. The summed E-state index contributed by atoms with van der Waals surface area (Å²) >= 11 is 0. The van der Waals surface area contributed by atoms with E-state index in [1.807, 2.05) is 0 Å². The van der Waals surface area contributed by atoms with Crippen LogP contribution in [-0.4, -0.2) is 28.6 Å². The van der Waals surface area contributed by atoms with Crippen molar-refractivity contribution in [1.82, 2.24) is 20.2 Å². The number of tetrazole rings is 1. The molecule has 0 aliphatic carbocycles. The van der Waals surface area contributed by atoms with Crippen molar-refractivity contribution < 1.29 is 8.42 Å². The number of sulfone groups is 1. The highest BCUT2D eigenvalue weighted by molar-refractivity contribution is 7.91. The van der Waals surface area contributed by atoms with Gasteiger partial charge in [0.15, 0.2) is 0 Å². The fourth-order valence-electron chi connectivity index (χ4n) is 1.20. The summed E-state index contributed by atoms with van der Waals surface area (Å²) in [6.07, 6.45) is 0. The largest absolute Gasteiger partial charge is 0.399 e. The first-order valence-corrected chi connectivity index (χ1v) is 5.83. The van der Waals surface area contributed by atoms with Gasteiger partial charge in [-0.15, -0.1) is 0 Å². The maximum atomic E-state index is 12.0. The molecular weight excluding hydrogens is 230 g/mol. The van der Waals surface area contributed by atoms with E-state index in [1.54, 1.807) is 0 Å². The predicted molar refractivity (Wildman–Crippen MR) is 55.1 cm³/mol. The second kappa shape index (κ2) is 3.56. The van der Waals surface area contributed by atoms with Crippen molar-refractivity contribution in [3.8, 4) is 0 Å². The third-order valence-corrected chi connectivity index (χ3v) is 3.73. The highest BCUT2D eigenvalue weighted by Crippen LogP contribution is 2.18. The van der Waals surface area contributed by atoms with Gasteiger partial charge in [0.1, 0.15) is 0 Å². The third-order valence-electron chi connectivity index (χ3n) is 2.01. The van der Waals surface area contributed by atoms with E-state index >= 15 is 0 Å². The maximum absolute atomic E-state index is 12.0. The molecular formula is C8H9N5O2S. The van der Waals surface area contributed by atoms with Gasteiger partial charge >= 0.3 is 0 Å². The zero-order valence-corrected chi connectivity index (χ0v) is 9.22. The summed E-state index contributed by atoms with van der Waals surface area (Å²) in [5.74, 6) is 0. The lowest BCUT2D eigenvalue weighted by Gasteiger charge is -2.02. The van der Waals surface area contributed by atoms with Gasteiger partial charge in [0.05, 0.1) is 4.90 Å². The highest BCUT2D eigenvalue weighted by Gasteiger charge is 2.23. The average molecular weight is 239 g/mol. The molecule has 0 radical (unpaired) electrons. The number of hydrogen-bond donors (Lipinski definition) is 1. The molecule has 0 saturated heterocycles. The van der Waals surface area contributed by atoms with Crippen molar-refractivity contribution >= 4 is 15.5 Å². The molecule has 0 bridgehead atoms. The molecule has 1 heterocycles. The first-order valence-electron chi connectivity index (χ1n) is 4.35. The molecule has 0 aliphatic heterocycles. The van der Waals surface area contributed by atoms with Crippen LogP contribution in [0.25, 0.3) is 0 Å². The summed E-state index contributed by atoms with van der Waals surface area (Å²) in [6.45, 7) is 0. The van der Waals surface area contributed by atoms with Crippen LogP contribution in [0.1, 0.15) is 0 Å². The zero-order chi connectivity index (χ0) is 11.8. The lowest BCUT2D eigenvalue weighted by molar-refractivity contribution is 0.569. The van der Waals surface area contributed by atoms with Crippen LogP contribution in [0.5, 0.6) is 0 Å². The maximum Gasteiger partial charge on any atom is 0.272 e. The van der Waals surface area contributed by atoms with E-state index in [0.717, 1.165) is 4.68 Å². The highest BCUT2D eigenvalue weighted by atomic mass is 32.2. The number of rotatable bonds is 2. The second-order valence-corrected chi connectivity index (χ2v) is 5.00. The van der Waals surface area contributed by atoms with Crippen molar-refractivity contribution in [2.75, 3.05) is 5.73 Å². The van der Waals surface area contributed by atoms with Crippen LogP contribution in [0.4, 0.5) is 5.69 Å². The number of nitrogens with two attached hydrogens (primary N) is 1. The monoisotopic (exact) mass is 239 g/mol. The molecule has 1 aromatic carbocycles. The molecule has 2 rings (SSSR count). The minimum absolute atomic E-state index is 0.111. The van der Waals surface area contributed by atoms with E-state index in [0.29, 0.717) is 5.69 Å². The SMILES string of the molecule is Cn1nnnc1S(=O)(=O)c1ccc(N)cc1. The Balaban J connectivity index is 2.56. The standard InChI is InChI=1S/C8H9N5O2S/c1-13-8(10-11-12-13)16(14,15)7-4-2-6(9)3-5-7/h2-5H,9H2,1H3. The Morgan fingerprint density at radius 2 is 1.88 bits per heavy atom. The minimum atomic E-state index is -3.67. The molecule has 0 unspecified atom stereocenters. The first kappa shape index (κ1) is 10.6. The van der Waals surface area contributed by atoms with Gasteiger partial charge in [0.25, 0.3) is 5.16 Å². The Labute approximate surface area is 91.8 Å². The third kappa shape index (κ3) is 1.63. The molecule has 84 valence electrons. The Morgan fingerprint density at radius 1 is 1.25 bits per heavy atom. The fraction of sp³-hybridized carbons (Fsp3) is 0.125. The number of hydrogen-bond acceptors (Lipinski definition) is 6. The van der Waals surface area contributed by atoms with Gasteiger partial charge in [0, 0.05) is 12.7 Å². The molecule has 0 saturated carbocycles. The van der Waals surface area contributed by atoms with Crippen LogP contribution in [0, 0.1) is 0 Å². The summed E-state index contributed by atoms with van der Waals surface area (Å²) in [5.41, 5.74) is 5.97. The number of benzene rings is 1. The molecule has 1 aromatic heterocycles. The van der Waals surface area contributed by atoms with Crippen LogP contribution in [-0.2, 0) is 16.9 Å². The molecule has 0 fully saturated rings. The summed E-state index contributed by atoms with van der Waals surface area (Å²) in [5, 5.41) is 10.0. The minimum Gasteiger partial charge on any atom is -0.399 e. The number of nitrogen functional groups attached to an aromatic ring is 1. The van der Waals surface area contributed by atoms with Crippen LogP contribution < -0.4 is 5.73 Å². The van der Waals surface area contributed by atoms with Crippen molar-refractivity contribution in [2.24, 2.45) is 7.05 Å². The van der Waals surface area contributed by atoms with E-state index in [1.165, 1.54) is 31.3 Å². The van der Waals surface area contributed by atoms with Crippen molar-refractivity contribution in [2.45, 2.75) is 10.1 Å². The first-order chi connectivity index (χ1) is 7.51. The smallest absolute Gasteiger partial charge is 0.272 e. The summed E-state index contributed by atoms with van der Waals surface area (Å²) < 4.78 is 25.1. The molecule has 0 aliphatic rings. The summed E-state index contributed by atoms with van der Waals surface area (Å²) in [4.78, 5) is 0.111. The fourth-order valence-corrected chi connectivity index (χ4v) is 2.43. The van der Waals surface area contributed by atoms with Gasteiger partial charge in [-0.25, -0.2) is 13.1 Å². The van der Waals surface area contributed by atoms with Crippen LogP contribution >= 0.6 is 0 Å². The van der Waals surface area contributed by atoms with Crippen molar-refractivity contribution in [1.29, 1.82) is 0 Å². The number of anilines is 1. The lowest BCUT2D eigenvalue weighted by Crippen LogP contribution is -2.09. The van der Waals surface area contributed by atoms with Crippen LogP contribution in [0.2, 0.25) is 0 Å². The zero-order valence-electron chi connectivity index (χ0n) is 8.40. The Bertz CT molecular complexity index is 602. The molecule has 2 aromatic rings. The van der Waals surface area contributed by atoms with E-state index in [2.05, 4.69) is 15.5 Å². The van der Waals surface area contributed by atoms with Crippen LogP contribution in [0.3, 0.4) is 0 Å². The number of aromatic nitrogens is 4. The molecule has 0 atom stereocenters. The second-order valence-electron chi connectivity index (χ2n) is 3.16. The van der Waals surface area contributed by atoms with Crippen LogP contribution in [0.15, 0.2) is 34.3 Å². The molecule has 16 heavy (non-hydrogen) atoms. The number of aryl methyl sites for hydroxylation is 1. The molecule has 8 heteroatoms. The van der Waals surface area contributed by atoms with E-state index in [4.69, 9.17) is 5.73 Å². The normalized spacial score (nSPS) is 11.6.